The summed E-state index contributed by atoms with van der Waals surface area (Å²) < 4.78 is 48.7. The van der Waals surface area contributed by atoms with Crippen LogP contribution in [0.5, 0.6) is 17.2 Å². The third-order valence-corrected chi connectivity index (χ3v) is 7.79. The second kappa shape index (κ2) is 12.9. The molecule has 10 heteroatoms. The predicted octanol–water partition coefficient (Wildman–Crippen LogP) is 5.75. The minimum absolute atomic E-state index is 0.0466. The number of benzene rings is 3. The number of hydrogen-bond acceptors (Lipinski definition) is 6. The van der Waals surface area contributed by atoms with Gasteiger partial charge < -0.3 is 24.8 Å². The lowest BCUT2D eigenvalue weighted by atomic mass is 9.88. The first kappa shape index (κ1) is 29.4. The minimum Gasteiger partial charge on any atom is -0.508 e. The zero-order valence-electron chi connectivity index (χ0n) is 23.0. The first-order valence-electron chi connectivity index (χ1n) is 14.1. The summed E-state index contributed by atoms with van der Waals surface area (Å²) in [5.41, 5.74) is 2.83. The zero-order valence-corrected chi connectivity index (χ0v) is 23.0. The van der Waals surface area contributed by atoms with Gasteiger partial charge in [-0.3, -0.25) is 4.79 Å². The Morgan fingerprint density at radius 2 is 1.71 bits per heavy atom. The monoisotopic (exact) mass is 582 g/mol. The van der Waals surface area contributed by atoms with Crippen LogP contribution in [0.25, 0.3) is 0 Å². The summed E-state index contributed by atoms with van der Waals surface area (Å²) in [5.74, 6) is -1.90. The molecule has 1 fully saturated rings. The number of nitrogens with zero attached hydrogens (tertiary/aromatic N) is 1. The molecule has 0 saturated carbocycles. The molecule has 2 aliphatic heterocycles. The quantitative estimate of drug-likeness (QED) is 0.260. The van der Waals surface area contributed by atoms with Crippen molar-refractivity contribution in [2.24, 2.45) is 0 Å². The number of rotatable bonds is 8. The average molecular weight is 583 g/mol. The molecule has 2 heterocycles. The SMILES string of the molecule is O=C(c1ccc(O)cc1)N1CCc2cc(OC(=O)C(F)(F)F)ccc2C1Cc1ccc(OCCC2CCCCN2)cc1. The molecule has 42 heavy (non-hydrogen) atoms. The zero-order chi connectivity index (χ0) is 29.7. The molecular formula is C32H33F3N2O5. The molecule has 2 atom stereocenters. The molecule has 222 valence electrons. The number of carbonyl (C=O) groups excluding carboxylic acids is 2. The number of aromatic hydroxyl groups is 1. The molecule has 0 aliphatic carbocycles. The van der Waals surface area contributed by atoms with Gasteiger partial charge in [0.1, 0.15) is 17.2 Å². The van der Waals surface area contributed by atoms with E-state index in [1.165, 1.54) is 37.1 Å². The van der Waals surface area contributed by atoms with E-state index in [0.717, 1.165) is 36.3 Å². The number of hydrogen-bond donors (Lipinski definition) is 2. The van der Waals surface area contributed by atoms with Gasteiger partial charge in [0.15, 0.2) is 0 Å². The number of carbonyl (C=O) groups is 2. The first-order chi connectivity index (χ1) is 20.2. The van der Waals surface area contributed by atoms with Crippen molar-refractivity contribution in [2.45, 2.75) is 56.8 Å². The number of halogens is 3. The minimum atomic E-state index is -5.10. The van der Waals surface area contributed by atoms with Gasteiger partial charge in [-0.1, -0.05) is 24.6 Å². The van der Waals surface area contributed by atoms with Crippen LogP contribution in [-0.4, -0.2) is 53.8 Å². The largest absolute Gasteiger partial charge is 0.508 e. The highest BCUT2D eigenvalue weighted by atomic mass is 19.4. The maximum Gasteiger partial charge on any atom is 0.491 e. The van der Waals surface area contributed by atoms with E-state index in [1.807, 2.05) is 24.3 Å². The number of fused-ring (bicyclic) bond motifs is 1. The highest BCUT2D eigenvalue weighted by Gasteiger charge is 2.41. The van der Waals surface area contributed by atoms with Gasteiger partial charge in [0.2, 0.25) is 0 Å². The third-order valence-electron chi connectivity index (χ3n) is 7.79. The van der Waals surface area contributed by atoms with Crippen LogP contribution in [0.2, 0.25) is 0 Å². The molecule has 7 nitrogen and oxygen atoms in total. The molecule has 3 aromatic carbocycles. The lowest BCUT2D eigenvalue weighted by molar-refractivity contribution is -0.189. The maximum atomic E-state index is 13.6. The third kappa shape index (κ3) is 7.23. The second-order valence-corrected chi connectivity index (χ2v) is 10.7. The first-order valence-corrected chi connectivity index (χ1v) is 14.1. The van der Waals surface area contributed by atoms with Gasteiger partial charge in [-0.05, 0) is 104 Å². The molecule has 1 amide bonds. The Kier molecular flexibility index (Phi) is 9.01. The van der Waals surface area contributed by atoms with Crippen molar-refractivity contribution in [2.75, 3.05) is 19.7 Å². The van der Waals surface area contributed by atoms with E-state index >= 15 is 0 Å². The van der Waals surface area contributed by atoms with Crippen LogP contribution < -0.4 is 14.8 Å². The summed E-state index contributed by atoms with van der Waals surface area (Å²) in [6.45, 7) is 1.98. The van der Waals surface area contributed by atoms with Crippen molar-refractivity contribution >= 4 is 11.9 Å². The fraction of sp³-hybridized carbons (Fsp3) is 0.375. The van der Waals surface area contributed by atoms with Gasteiger partial charge in [-0.2, -0.15) is 13.2 Å². The predicted molar refractivity (Wildman–Crippen MR) is 150 cm³/mol. The molecule has 2 aliphatic rings. The summed E-state index contributed by atoms with van der Waals surface area (Å²) in [5, 5.41) is 13.2. The fourth-order valence-corrected chi connectivity index (χ4v) is 5.58. The van der Waals surface area contributed by atoms with Gasteiger partial charge in [0.05, 0.1) is 12.6 Å². The van der Waals surface area contributed by atoms with Crippen LogP contribution >= 0.6 is 0 Å². The normalized spacial score (nSPS) is 18.7. The smallest absolute Gasteiger partial charge is 0.491 e. The molecule has 0 bridgehead atoms. The van der Waals surface area contributed by atoms with Crippen LogP contribution in [0, 0.1) is 0 Å². The van der Waals surface area contributed by atoms with Crippen molar-refractivity contribution in [3.63, 3.8) is 0 Å². The average Bonchev–Trinajstić information content (AvgIpc) is 2.98. The van der Waals surface area contributed by atoms with Gasteiger partial charge in [-0.15, -0.1) is 0 Å². The van der Waals surface area contributed by atoms with Crippen LogP contribution in [0.1, 0.15) is 58.8 Å². The summed E-state index contributed by atoms with van der Waals surface area (Å²) >= 11 is 0. The van der Waals surface area contributed by atoms with Crippen molar-refractivity contribution in [1.29, 1.82) is 0 Å². The van der Waals surface area contributed by atoms with Crippen LogP contribution in [0.4, 0.5) is 13.2 Å². The lowest BCUT2D eigenvalue weighted by Gasteiger charge is -2.38. The standard InChI is InChI=1S/C32H33F3N2O5/c33-32(34,35)31(40)42-27-12-13-28-23(20-27)14-17-37(30(39)22-6-8-25(38)9-7-22)29(28)19-21-4-10-26(11-5-21)41-18-15-24-3-1-2-16-36-24/h4-13,20,24,29,36,38H,1-3,14-19H2. The van der Waals surface area contributed by atoms with E-state index in [0.29, 0.717) is 43.2 Å². The number of nitrogens with one attached hydrogen (secondary N) is 1. The molecule has 0 spiro atoms. The summed E-state index contributed by atoms with van der Waals surface area (Å²) in [6, 6.07) is 18.1. The van der Waals surface area contributed by atoms with E-state index < -0.39 is 18.2 Å². The number of alkyl halides is 3. The molecule has 3 aromatic rings. The molecular weight excluding hydrogens is 549 g/mol. The van der Waals surface area contributed by atoms with Gasteiger partial charge >= 0.3 is 12.1 Å². The Bertz CT molecular complexity index is 1390. The number of phenols is 1. The Morgan fingerprint density at radius 3 is 2.40 bits per heavy atom. The molecule has 2 unspecified atom stereocenters. The van der Waals surface area contributed by atoms with Gasteiger partial charge in [-0.25, -0.2) is 4.79 Å². The Morgan fingerprint density at radius 1 is 0.976 bits per heavy atom. The lowest BCUT2D eigenvalue weighted by Crippen LogP contribution is -2.41. The van der Waals surface area contributed by atoms with Crippen molar-refractivity contribution in [1.82, 2.24) is 10.2 Å². The molecule has 0 radical (unpaired) electrons. The molecule has 0 aromatic heterocycles. The van der Waals surface area contributed by atoms with Crippen molar-refractivity contribution in [3.05, 3.63) is 89.0 Å². The topological polar surface area (TPSA) is 88.1 Å². The number of phenolic OH excluding ortho intramolecular Hbond substituents is 1. The Labute approximate surface area is 242 Å². The van der Waals surface area contributed by atoms with Gasteiger partial charge in [0, 0.05) is 18.2 Å². The number of amides is 1. The van der Waals surface area contributed by atoms with E-state index in [1.54, 1.807) is 23.1 Å². The summed E-state index contributed by atoms with van der Waals surface area (Å²) in [7, 11) is 0. The fourth-order valence-electron chi connectivity index (χ4n) is 5.58. The van der Waals surface area contributed by atoms with Crippen molar-refractivity contribution in [3.8, 4) is 17.2 Å². The molecule has 5 rings (SSSR count). The number of esters is 1. The van der Waals surface area contributed by atoms with Crippen LogP contribution in [0.3, 0.4) is 0 Å². The number of ether oxygens (including phenoxy) is 2. The molecule has 2 N–H and O–H groups in total. The maximum absolute atomic E-state index is 13.6. The van der Waals surface area contributed by atoms with E-state index in [-0.39, 0.29) is 17.4 Å². The van der Waals surface area contributed by atoms with Crippen molar-refractivity contribution < 1.29 is 37.3 Å². The highest BCUT2D eigenvalue weighted by Crippen LogP contribution is 2.36. The summed E-state index contributed by atoms with van der Waals surface area (Å²) in [4.78, 5) is 26.7. The summed E-state index contributed by atoms with van der Waals surface area (Å²) in [6.07, 6.45) is 0.277. The van der Waals surface area contributed by atoms with Gasteiger partial charge in [0.25, 0.3) is 5.91 Å². The van der Waals surface area contributed by atoms with E-state index in [9.17, 15) is 27.9 Å². The van der Waals surface area contributed by atoms with E-state index in [4.69, 9.17) is 4.74 Å². The Balaban J connectivity index is 1.34. The molecule has 1 saturated heterocycles. The Hall–Kier alpha value is -4.05. The van der Waals surface area contributed by atoms with E-state index in [2.05, 4.69) is 10.1 Å². The highest BCUT2D eigenvalue weighted by molar-refractivity contribution is 5.95. The van der Waals surface area contributed by atoms with Crippen LogP contribution in [0.15, 0.2) is 66.7 Å². The van der Waals surface area contributed by atoms with Crippen LogP contribution in [-0.2, 0) is 17.6 Å². The number of piperidine rings is 1. The second-order valence-electron chi connectivity index (χ2n) is 10.7.